The third-order valence-electron chi connectivity index (χ3n) is 4.61. The van der Waals surface area contributed by atoms with Gasteiger partial charge in [-0.1, -0.05) is 0 Å². The first-order chi connectivity index (χ1) is 12.2. The second-order valence-electron chi connectivity index (χ2n) is 7.02. The minimum absolute atomic E-state index is 0.00686. The van der Waals surface area contributed by atoms with E-state index < -0.39 is 17.5 Å². The first-order valence-electron chi connectivity index (χ1n) is 8.21. The predicted molar refractivity (Wildman–Crippen MR) is 90.7 cm³/mol. The van der Waals surface area contributed by atoms with Crippen LogP contribution in [0.25, 0.3) is 11.3 Å². The average molecular weight is 361 g/mol. The van der Waals surface area contributed by atoms with E-state index in [2.05, 4.69) is 11.1 Å². The lowest BCUT2D eigenvalue weighted by atomic mass is 9.81. The number of hydrogen-bond donors (Lipinski definition) is 1. The second kappa shape index (κ2) is 6.61. The predicted octanol–water partition coefficient (Wildman–Crippen LogP) is 4.29. The summed E-state index contributed by atoms with van der Waals surface area (Å²) < 4.78 is 46.1. The minimum Gasteiger partial charge on any atom is -0.383 e. The molecule has 2 aromatic rings. The third-order valence-corrected chi connectivity index (χ3v) is 4.61. The van der Waals surface area contributed by atoms with Crippen molar-refractivity contribution in [3.63, 3.8) is 0 Å². The number of hydrogen-bond acceptors (Lipinski definition) is 4. The van der Waals surface area contributed by atoms with Crippen molar-refractivity contribution in [2.75, 3.05) is 12.3 Å². The van der Waals surface area contributed by atoms with Gasteiger partial charge >= 0.3 is 0 Å². The van der Waals surface area contributed by atoms with E-state index in [1.54, 1.807) is 6.07 Å². The Kier molecular flexibility index (Phi) is 4.63. The zero-order valence-electron chi connectivity index (χ0n) is 14.4. The van der Waals surface area contributed by atoms with Crippen LogP contribution in [0.1, 0.15) is 43.7 Å². The molecule has 4 nitrogen and oxygen atoms in total. The molecule has 0 aliphatic carbocycles. The van der Waals surface area contributed by atoms with Gasteiger partial charge in [0.1, 0.15) is 11.9 Å². The molecule has 0 amide bonds. The Morgan fingerprint density at radius 3 is 2.46 bits per heavy atom. The third kappa shape index (κ3) is 3.37. The number of nitrogens with two attached hydrogens (primary N) is 1. The molecule has 0 spiro atoms. The highest BCUT2D eigenvalue weighted by Gasteiger charge is 2.32. The molecule has 0 saturated carbocycles. The number of nitrogens with zero attached hydrogens (tertiary/aromatic N) is 2. The van der Waals surface area contributed by atoms with Gasteiger partial charge in [0.25, 0.3) is 0 Å². The standard InChI is InChI=1S/C19H18F3N3O/c1-19(2)8-10(3-4-26-19)12-7-16(25-18(24)13(12)9-23)11-5-14(20)17(22)15(21)6-11/h5-7,10H,3-4,8H2,1-2H3,(H2,24,25)/t10-/m1/s1. The van der Waals surface area contributed by atoms with E-state index in [9.17, 15) is 18.4 Å². The van der Waals surface area contributed by atoms with E-state index in [1.165, 1.54) is 0 Å². The lowest BCUT2D eigenvalue weighted by molar-refractivity contribution is -0.0593. The van der Waals surface area contributed by atoms with E-state index in [1.807, 2.05) is 13.8 Å². The molecule has 3 rings (SSSR count). The van der Waals surface area contributed by atoms with Crippen LogP contribution in [-0.2, 0) is 4.74 Å². The van der Waals surface area contributed by atoms with Crippen LogP contribution in [0.15, 0.2) is 18.2 Å². The van der Waals surface area contributed by atoms with Crippen LogP contribution in [0.4, 0.5) is 19.0 Å². The van der Waals surface area contributed by atoms with Gasteiger partial charge in [0.05, 0.1) is 16.9 Å². The molecule has 136 valence electrons. The van der Waals surface area contributed by atoms with Gasteiger partial charge < -0.3 is 10.5 Å². The molecule has 1 saturated heterocycles. The topological polar surface area (TPSA) is 71.9 Å². The molecule has 1 aliphatic heterocycles. The number of benzene rings is 1. The average Bonchev–Trinajstić information content (AvgIpc) is 2.57. The van der Waals surface area contributed by atoms with Crippen molar-refractivity contribution >= 4 is 5.82 Å². The summed E-state index contributed by atoms with van der Waals surface area (Å²) in [6.07, 6.45) is 1.35. The van der Waals surface area contributed by atoms with Gasteiger partial charge in [-0.25, -0.2) is 18.2 Å². The fourth-order valence-corrected chi connectivity index (χ4v) is 3.38. The summed E-state index contributed by atoms with van der Waals surface area (Å²) in [5, 5.41) is 9.48. The van der Waals surface area contributed by atoms with Crippen molar-refractivity contribution in [3.8, 4) is 17.3 Å². The van der Waals surface area contributed by atoms with Crippen molar-refractivity contribution in [1.82, 2.24) is 4.98 Å². The number of nitriles is 1. The Hall–Kier alpha value is -2.59. The van der Waals surface area contributed by atoms with Gasteiger partial charge in [-0.05, 0) is 56.4 Å². The molecule has 0 unspecified atom stereocenters. The normalized spacial score (nSPS) is 19.2. The van der Waals surface area contributed by atoms with Crippen molar-refractivity contribution in [2.45, 2.75) is 38.2 Å². The van der Waals surface area contributed by atoms with Gasteiger partial charge in [-0.3, -0.25) is 0 Å². The van der Waals surface area contributed by atoms with Gasteiger partial charge in [-0.15, -0.1) is 0 Å². The molecule has 7 heteroatoms. The van der Waals surface area contributed by atoms with E-state index in [-0.39, 0.29) is 34.2 Å². The highest BCUT2D eigenvalue weighted by Crippen LogP contribution is 2.39. The molecule has 0 radical (unpaired) electrons. The summed E-state index contributed by atoms with van der Waals surface area (Å²) in [5.74, 6) is -4.18. The van der Waals surface area contributed by atoms with Gasteiger partial charge in [-0.2, -0.15) is 5.26 Å². The number of halogens is 3. The van der Waals surface area contributed by atoms with E-state index >= 15 is 0 Å². The molecular weight excluding hydrogens is 343 g/mol. The van der Waals surface area contributed by atoms with Crippen LogP contribution in [0.3, 0.4) is 0 Å². The molecule has 2 heterocycles. The van der Waals surface area contributed by atoms with Crippen LogP contribution in [-0.4, -0.2) is 17.2 Å². The summed E-state index contributed by atoms with van der Waals surface area (Å²) in [7, 11) is 0. The first kappa shape index (κ1) is 18.2. The summed E-state index contributed by atoms with van der Waals surface area (Å²) >= 11 is 0. The van der Waals surface area contributed by atoms with Crippen LogP contribution >= 0.6 is 0 Å². The number of aromatic nitrogens is 1. The molecule has 1 aromatic heterocycles. The summed E-state index contributed by atoms with van der Waals surface area (Å²) in [5.41, 5.74) is 6.73. The van der Waals surface area contributed by atoms with Crippen molar-refractivity contribution in [1.29, 1.82) is 5.26 Å². The zero-order valence-corrected chi connectivity index (χ0v) is 14.4. The van der Waals surface area contributed by atoms with Crippen molar-refractivity contribution in [3.05, 3.63) is 46.8 Å². The van der Waals surface area contributed by atoms with Crippen LogP contribution in [0.2, 0.25) is 0 Å². The zero-order chi connectivity index (χ0) is 19.1. The number of anilines is 1. The first-order valence-corrected chi connectivity index (χ1v) is 8.21. The van der Waals surface area contributed by atoms with E-state index in [4.69, 9.17) is 10.5 Å². The molecular formula is C19H18F3N3O. The van der Waals surface area contributed by atoms with Gasteiger partial charge in [0, 0.05) is 12.2 Å². The molecule has 2 N–H and O–H groups in total. The summed E-state index contributed by atoms with van der Waals surface area (Å²) in [4.78, 5) is 4.09. The number of rotatable bonds is 2. The Morgan fingerprint density at radius 2 is 1.88 bits per heavy atom. The maximum atomic E-state index is 13.6. The quantitative estimate of drug-likeness (QED) is 0.810. The summed E-state index contributed by atoms with van der Waals surface area (Å²) in [6, 6.07) is 5.40. The Morgan fingerprint density at radius 1 is 1.23 bits per heavy atom. The lowest BCUT2D eigenvalue weighted by Gasteiger charge is -2.36. The highest BCUT2D eigenvalue weighted by molar-refractivity contribution is 5.67. The fourth-order valence-electron chi connectivity index (χ4n) is 3.38. The molecule has 1 aromatic carbocycles. The number of nitrogen functional groups attached to an aromatic ring is 1. The van der Waals surface area contributed by atoms with Gasteiger partial charge in [0.15, 0.2) is 17.5 Å². The minimum atomic E-state index is -1.54. The molecule has 1 fully saturated rings. The monoisotopic (exact) mass is 361 g/mol. The van der Waals surface area contributed by atoms with E-state index in [0.29, 0.717) is 25.0 Å². The van der Waals surface area contributed by atoms with Crippen molar-refractivity contribution in [2.24, 2.45) is 0 Å². The fraction of sp³-hybridized carbons (Fsp3) is 0.368. The smallest absolute Gasteiger partial charge is 0.194 e. The molecule has 1 atom stereocenters. The van der Waals surface area contributed by atoms with Gasteiger partial charge in [0.2, 0.25) is 0 Å². The molecule has 1 aliphatic rings. The van der Waals surface area contributed by atoms with Crippen LogP contribution in [0.5, 0.6) is 0 Å². The summed E-state index contributed by atoms with van der Waals surface area (Å²) in [6.45, 7) is 4.45. The second-order valence-corrected chi connectivity index (χ2v) is 7.02. The number of ether oxygens (including phenoxy) is 1. The Bertz CT molecular complexity index is 883. The SMILES string of the molecule is CC1(C)C[C@H](c2cc(-c3cc(F)c(F)c(F)c3)nc(N)c2C#N)CCO1. The maximum absolute atomic E-state index is 13.6. The highest BCUT2D eigenvalue weighted by atomic mass is 19.2. The Labute approximate surface area is 149 Å². The van der Waals surface area contributed by atoms with Crippen molar-refractivity contribution < 1.29 is 17.9 Å². The molecule has 0 bridgehead atoms. The Balaban J connectivity index is 2.13. The lowest BCUT2D eigenvalue weighted by Crippen LogP contribution is -2.33. The van der Waals surface area contributed by atoms with Crippen LogP contribution in [0, 0.1) is 28.8 Å². The van der Waals surface area contributed by atoms with E-state index in [0.717, 1.165) is 12.1 Å². The largest absolute Gasteiger partial charge is 0.383 e. The van der Waals surface area contributed by atoms with Crippen LogP contribution < -0.4 is 5.73 Å². The molecule has 26 heavy (non-hydrogen) atoms. The number of pyridine rings is 1. The maximum Gasteiger partial charge on any atom is 0.194 e.